The first-order valence-corrected chi connectivity index (χ1v) is 6.54. The predicted molar refractivity (Wildman–Crippen MR) is 61.7 cm³/mol. The number of fused-ring (bicyclic) bond motifs is 1. The highest BCUT2D eigenvalue weighted by Crippen LogP contribution is 2.44. The number of aliphatic carboxylic acids is 1. The fourth-order valence-corrected chi connectivity index (χ4v) is 3.87. The highest BCUT2D eigenvalue weighted by molar-refractivity contribution is 7.13. The van der Waals surface area contributed by atoms with E-state index in [4.69, 9.17) is 0 Å². The van der Waals surface area contributed by atoms with Gasteiger partial charge in [0.25, 0.3) is 0 Å². The number of thiazole rings is 1. The van der Waals surface area contributed by atoms with Gasteiger partial charge in [-0.2, -0.15) is 0 Å². The van der Waals surface area contributed by atoms with Crippen molar-refractivity contribution in [3.05, 3.63) is 11.6 Å². The van der Waals surface area contributed by atoms with Crippen molar-refractivity contribution in [3.8, 4) is 0 Å². The van der Waals surface area contributed by atoms with Gasteiger partial charge in [0.2, 0.25) is 0 Å². The zero-order valence-corrected chi connectivity index (χ0v) is 9.69. The molecule has 0 aromatic carbocycles. The minimum Gasteiger partial charge on any atom is -0.480 e. The molecule has 86 valence electrons. The summed E-state index contributed by atoms with van der Waals surface area (Å²) in [5.74, 6) is 0.205. The van der Waals surface area contributed by atoms with Crippen molar-refractivity contribution in [2.24, 2.45) is 11.8 Å². The van der Waals surface area contributed by atoms with E-state index >= 15 is 0 Å². The first-order chi connectivity index (χ1) is 7.77. The molecule has 1 aromatic rings. The first-order valence-electron chi connectivity index (χ1n) is 5.66. The molecule has 3 unspecified atom stereocenters. The zero-order valence-electron chi connectivity index (χ0n) is 8.87. The van der Waals surface area contributed by atoms with Crippen molar-refractivity contribution in [1.82, 2.24) is 4.98 Å². The van der Waals surface area contributed by atoms with Gasteiger partial charge in [-0.15, -0.1) is 11.3 Å². The van der Waals surface area contributed by atoms with E-state index < -0.39 is 5.97 Å². The summed E-state index contributed by atoms with van der Waals surface area (Å²) in [6, 6.07) is -0.348. The van der Waals surface area contributed by atoms with Gasteiger partial charge in [0.15, 0.2) is 5.13 Å². The maximum absolute atomic E-state index is 11.4. The van der Waals surface area contributed by atoms with Crippen LogP contribution >= 0.6 is 11.3 Å². The van der Waals surface area contributed by atoms with Crippen LogP contribution in [0.2, 0.25) is 0 Å². The zero-order chi connectivity index (χ0) is 11.1. The minimum absolute atomic E-state index is 0.335. The molecule has 1 aliphatic carbocycles. The molecule has 4 nitrogen and oxygen atoms in total. The molecule has 1 aromatic heterocycles. The SMILES string of the molecule is O=C(O)C1C2CCCC2CN1c1nccs1. The average molecular weight is 238 g/mol. The lowest BCUT2D eigenvalue weighted by molar-refractivity contribution is -0.139. The van der Waals surface area contributed by atoms with Crippen LogP contribution in [0.25, 0.3) is 0 Å². The molecule has 2 heterocycles. The Kier molecular flexibility index (Phi) is 2.35. The summed E-state index contributed by atoms with van der Waals surface area (Å²) in [6.45, 7) is 0.870. The van der Waals surface area contributed by atoms with Crippen molar-refractivity contribution in [2.75, 3.05) is 11.4 Å². The molecule has 16 heavy (non-hydrogen) atoms. The van der Waals surface area contributed by atoms with Crippen LogP contribution in [-0.4, -0.2) is 28.6 Å². The molecular formula is C11H14N2O2S. The van der Waals surface area contributed by atoms with E-state index in [2.05, 4.69) is 4.98 Å². The van der Waals surface area contributed by atoms with Gasteiger partial charge in [-0.25, -0.2) is 9.78 Å². The van der Waals surface area contributed by atoms with Crippen molar-refractivity contribution >= 4 is 22.4 Å². The number of carboxylic acids is 1. The topological polar surface area (TPSA) is 53.4 Å². The molecular weight excluding hydrogens is 224 g/mol. The lowest BCUT2D eigenvalue weighted by atomic mass is 9.94. The lowest BCUT2D eigenvalue weighted by Crippen LogP contribution is -2.39. The second kappa shape index (κ2) is 3.73. The molecule has 3 atom stereocenters. The van der Waals surface area contributed by atoms with E-state index in [1.807, 2.05) is 10.3 Å². The summed E-state index contributed by atoms with van der Waals surface area (Å²) in [5.41, 5.74) is 0. The van der Waals surface area contributed by atoms with Gasteiger partial charge in [0.05, 0.1) is 0 Å². The number of hydrogen-bond acceptors (Lipinski definition) is 4. The fourth-order valence-electron chi connectivity index (χ4n) is 3.18. The van der Waals surface area contributed by atoms with E-state index in [1.54, 1.807) is 6.20 Å². The second-order valence-corrected chi connectivity index (χ2v) is 5.48. The molecule has 0 spiro atoms. The molecule has 1 saturated heterocycles. The van der Waals surface area contributed by atoms with Gasteiger partial charge < -0.3 is 10.0 Å². The van der Waals surface area contributed by atoms with Gasteiger partial charge in [-0.3, -0.25) is 0 Å². The van der Waals surface area contributed by atoms with Gasteiger partial charge in [-0.1, -0.05) is 6.42 Å². The van der Waals surface area contributed by atoms with Crippen LogP contribution in [0.1, 0.15) is 19.3 Å². The summed E-state index contributed by atoms with van der Waals surface area (Å²) in [7, 11) is 0. The van der Waals surface area contributed by atoms with E-state index in [0.29, 0.717) is 11.8 Å². The largest absolute Gasteiger partial charge is 0.480 e. The molecule has 0 bridgehead atoms. The Morgan fingerprint density at radius 1 is 1.56 bits per heavy atom. The number of carbonyl (C=O) groups is 1. The first kappa shape index (κ1) is 10.1. The Labute approximate surface area is 97.9 Å². The lowest BCUT2D eigenvalue weighted by Gasteiger charge is -2.23. The van der Waals surface area contributed by atoms with E-state index in [0.717, 1.165) is 18.1 Å². The Morgan fingerprint density at radius 2 is 2.44 bits per heavy atom. The molecule has 1 aliphatic heterocycles. The third-order valence-electron chi connectivity index (χ3n) is 3.81. The van der Waals surface area contributed by atoms with Crippen LogP contribution in [0.3, 0.4) is 0 Å². The number of hydrogen-bond donors (Lipinski definition) is 1. The number of anilines is 1. The Bertz CT molecular complexity index is 393. The molecule has 3 rings (SSSR count). The Balaban J connectivity index is 1.91. The number of nitrogens with zero attached hydrogens (tertiary/aromatic N) is 2. The molecule has 1 N–H and O–H groups in total. The fraction of sp³-hybridized carbons (Fsp3) is 0.636. The van der Waals surface area contributed by atoms with Crippen LogP contribution in [0.15, 0.2) is 11.6 Å². The highest BCUT2D eigenvalue weighted by Gasteiger charge is 2.48. The summed E-state index contributed by atoms with van der Waals surface area (Å²) in [4.78, 5) is 17.6. The quantitative estimate of drug-likeness (QED) is 0.854. The molecule has 5 heteroatoms. The van der Waals surface area contributed by atoms with E-state index in [9.17, 15) is 9.90 Å². The highest BCUT2D eigenvalue weighted by atomic mass is 32.1. The van der Waals surface area contributed by atoms with Crippen LogP contribution in [0, 0.1) is 11.8 Å². The van der Waals surface area contributed by atoms with E-state index in [1.165, 1.54) is 24.2 Å². The normalized spacial score (nSPS) is 33.0. The van der Waals surface area contributed by atoms with Gasteiger partial charge in [0, 0.05) is 18.1 Å². The van der Waals surface area contributed by atoms with Crippen molar-refractivity contribution < 1.29 is 9.90 Å². The molecule has 0 radical (unpaired) electrons. The predicted octanol–water partition coefficient (Wildman–Crippen LogP) is 1.83. The second-order valence-electron chi connectivity index (χ2n) is 4.60. The van der Waals surface area contributed by atoms with Crippen LogP contribution in [0.4, 0.5) is 5.13 Å². The summed E-state index contributed by atoms with van der Waals surface area (Å²) >= 11 is 1.53. The van der Waals surface area contributed by atoms with Gasteiger partial charge in [-0.05, 0) is 24.7 Å². The summed E-state index contributed by atoms with van der Waals surface area (Å²) < 4.78 is 0. The molecule has 2 aliphatic rings. The summed E-state index contributed by atoms with van der Waals surface area (Å²) in [6.07, 6.45) is 5.16. The third-order valence-corrected chi connectivity index (χ3v) is 4.62. The van der Waals surface area contributed by atoms with Crippen molar-refractivity contribution in [3.63, 3.8) is 0 Å². The third kappa shape index (κ3) is 1.42. The minimum atomic E-state index is -0.690. The van der Waals surface area contributed by atoms with Gasteiger partial charge >= 0.3 is 5.97 Å². The van der Waals surface area contributed by atoms with E-state index in [-0.39, 0.29) is 6.04 Å². The summed E-state index contributed by atoms with van der Waals surface area (Å²) in [5, 5.41) is 12.1. The van der Waals surface area contributed by atoms with Gasteiger partial charge in [0.1, 0.15) is 6.04 Å². The smallest absolute Gasteiger partial charge is 0.326 e. The number of aromatic nitrogens is 1. The number of rotatable bonds is 2. The van der Waals surface area contributed by atoms with Crippen LogP contribution < -0.4 is 4.90 Å². The maximum atomic E-state index is 11.4. The van der Waals surface area contributed by atoms with Crippen molar-refractivity contribution in [2.45, 2.75) is 25.3 Å². The van der Waals surface area contributed by atoms with Crippen LogP contribution in [-0.2, 0) is 4.79 Å². The monoisotopic (exact) mass is 238 g/mol. The molecule has 1 saturated carbocycles. The maximum Gasteiger partial charge on any atom is 0.326 e. The standard InChI is InChI=1S/C11H14N2O2S/c14-10(15)9-8-3-1-2-7(8)6-13(9)11-12-4-5-16-11/h4-5,7-9H,1-3,6H2,(H,14,15). The van der Waals surface area contributed by atoms with Crippen LogP contribution in [0.5, 0.6) is 0 Å². The number of carboxylic acid groups (broad SMARTS) is 1. The van der Waals surface area contributed by atoms with Crippen molar-refractivity contribution in [1.29, 1.82) is 0 Å². The average Bonchev–Trinajstić information content (AvgIpc) is 2.92. The molecule has 0 amide bonds. The Morgan fingerprint density at radius 3 is 3.12 bits per heavy atom. The molecule has 2 fully saturated rings. The Hall–Kier alpha value is -1.10.